The largest absolute Gasteiger partial charge is 0.461 e. The molecule has 8 heteroatoms. The minimum atomic E-state index is -1.34. The van der Waals surface area contributed by atoms with Crippen molar-refractivity contribution < 1.29 is 38.1 Å². The van der Waals surface area contributed by atoms with Crippen LogP contribution in [0.2, 0.25) is 0 Å². The number of esters is 4. The van der Waals surface area contributed by atoms with Gasteiger partial charge in [0.1, 0.15) is 0 Å². The third kappa shape index (κ3) is 2.53. The van der Waals surface area contributed by atoms with Crippen LogP contribution in [-0.4, -0.2) is 31.0 Å². The van der Waals surface area contributed by atoms with Gasteiger partial charge in [0.2, 0.25) is 0 Å². The van der Waals surface area contributed by atoms with Crippen LogP contribution in [0, 0.1) is 0 Å². The first kappa shape index (κ1) is 10.7. The highest BCUT2D eigenvalue weighted by molar-refractivity contribution is 6.31. The van der Waals surface area contributed by atoms with Crippen LogP contribution in [-0.2, 0) is 38.1 Å². The molecule has 8 nitrogen and oxygen atoms in total. The fraction of sp³-hybridized carbons (Fsp3) is 0.143. The Kier molecular flexibility index (Phi) is 3.01. The number of cyclic esters (lactones) is 2. The van der Waals surface area contributed by atoms with Crippen molar-refractivity contribution in [3.63, 3.8) is 0 Å². The lowest BCUT2D eigenvalue weighted by atomic mass is 10.7. The van der Waals surface area contributed by atoms with E-state index in [4.69, 9.17) is 0 Å². The van der Waals surface area contributed by atoms with E-state index in [1.54, 1.807) is 0 Å². The number of hydrogen-bond acceptors (Lipinski definition) is 8. The van der Waals surface area contributed by atoms with Crippen molar-refractivity contribution in [2.24, 2.45) is 0 Å². The molecule has 0 saturated carbocycles. The maximum atomic E-state index is 10.7. The number of ether oxygens (including phenoxy) is 4. The Hall–Kier alpha value is -2.38. The van der Waals surface area contributed by atoms with Crippen molar-refractivity contribution in [3.8, 4) is 0 Å². The molecule has 80 valence electrons. The molecule has 0 bridgehead atoms. The zero-order chi connectivity index (χ0) is 11.4. The van der Waals surface area contributed by atoms with E-state index in [2.05, 4.69) is 18.9 Å². The highest BCUT2D eigenvalue weighted by atomic mass is 16.8. The Labute approximate surface area is 82.3 Å². The lowest BCUT2D eigenvalue weighted by Crippen LogP contribution is -2.16. The van der Waals surface area contributed by atoms with Crippen LogP contribution in [0.4, 0.5) is 0 Å². The Morgan fingerprint density at radius 3 is 2.13 bits per heavy atom. The van der Waals surface area contributed by atoms with Gasteiger partial charge in [0, 0.05) is 0 Å². The monoisotopic (exact) mass is 216 g/mol. The summed E-state index contributed by atoms with van der Waals surface area (Å²) in [7, 11) is 0.979. The number of rotatable bonds is 1. The van der Waals surface area contributed by atoms with Crippen molar-refractivity contribution in [1.82, 2.24) is 0 Å². The van der Waals surface area contributed by atoms with Crippen LogP contribution >= 0.6 is 0 Å². The van der Waals surface area contributed by atoms with Crippen LogP contribution in [0.25, 0.3) is 0 Å². The SMILES string of the molecule is COC(=O)C(=O)OC=C1OC(=O)C(=O)O1. The van der Waals surface area contributed by atoms with Crippen molar-refractivity contribution in [2.75, 3.05) is 7.11 Å². The number of methoxy groups -OCH3 is 1. The molecule has 0 aromatic rings. The third-order valence-electron chi connectivity index (χ3n) is 1.17. The standard InChI is InChI=1S/C7H4O8/c1-12-4(8)5(9)13-2-3-14-6(10)7(11)15-3/h2H,1H3. The van der Waals surface area contributed by atoms with E-state index < -0.39 is 29.8 Å². The summed E-state index contributed by atoms with van der Waals surface area (Å²) in [4.78, 5) is 42.1. The number of carbonyl (C=O) groups excluding carboxylic acids is 4. The molecule has 0 aromatic heterocycles. The zero-order valence-corrected chi connectivity index (χ0v) is 7.34. The lowest BCUT2D eigenvalue weighted by molar-refractivity contribution is -0.162. The summed E-state index contributed by atoms with van der Waals surface area (Å²) >= 11 is 0. The van der Waals surface area contributed by atoms with Gasteiger partial charge in [-0.2, -0.15) is 0 Å². The normalized spacial score (nSPS) is 14.1. The molecule has 1 fully saturated rings. The van der Waals surface area contributed by atoms with E-state index >= 15 is 0 Å². The molecular formula is C7H4O8. The van der Waals surface area contributed by atoms with Gasteiger partial charge in [-0.3, -0.25) is 0 Å². The second kappa shape index (κ2) is 4.22. The van der Waals surface area contributed by atoms with E-state index in [9.17, 15) is 19.2 Å². The van der Waals surface area contributed by atoms with Gasteiger partial charge in [-0.05, 0) is 0 Å². The molecule has 0 amide bonds. The molecule has 0 spiro atoms. The van der Waals surface area contributed by atoms with E-state index in [0.717, 1.165) is 7.11 Å². The first-order chi connectivity index (χ1) is 7.04. The molecule has 1 heterocycles. The molecule has 0 radical (unpaired) electrons. The van der Waals surface area contributed by atoms with Gasteiger partial charge in [0.15, 0.2) is 6.26 Å². The van der Waals surface area contributed by atoms with Gasteiger partial charge in [-0.25, -0.2) is 19.2 Å². The Morgan fingerprint density at radius 1 is 1.13 bits per heavy atom. The van der Waals surface area contributed by atoms with Gasteiger partial charge < -0.3 is 18.9 Å². The predicted molar refractivity (Wildman–Crippen MR) is 38.4 cm³/mol. The molecule has 0 N–H and O–H groups in total. The minimum Gasteiger partial charge on any atom is -0.461 e. The summed E-state index contributed by atoms with van der Waals surface area (Å²) in [5.74, 6) is -5.69. The molecule has 0 aliphatic carbocycles. The third-order valence-corrected chi connectivity index (χ3v) is 1.17. The maximum Gasteiger partial charge on any atom is 0.425 e. The highest BCUT2D eigenvalue weighted by Gasteiger charge is 2.31. The molecule has 0 atom stereocenters. The van der Waals surface area contributed by atoms with Gasteiger partial charge >= 0.3 is 29.8 Å². The van der Waals surface area contributed by atoms with Crippen molar-refractivity contribution in [1.29, 1.82) is 0 Å². The Balaban J connectivity index is 2.53. The Bertz CT molecular complexity index is 347. The van der Waals surface area contributed by atoms with Gasteiger partial charge in [-0.15, -0.1) is 0 Å². The van der Waals surface area contributed by atoms with Crippen molar-refractivity contribution in [2.45, 2.75) is 0 Å². The van der Waals surface area contributed by atoms with Gasteiger partial charge in [0.25, 0.3) is 0 Å². The van der Waals surface area contributed by atoms with Crippen LogP contribution in [0.5, 0.6) is 0 Å². The lowest BCUT2D eigenvalue weighted by Gasteiger charge is -1.96. The smallest absolute Gasteiger partial charge is 0.425 e. The summed E-state index contributed by atoms with van der Waals surface area (Å²) in [6.45, 7) is 0. The predicted octanol–water partition coefficient (Wildman–Crippen LogP) is -1.40. The zero-order valence-electron chi connectivity index (χ0n) is 7.34. The van der Waals surface area contributed by atoms with Crippen molar-refractivity contribution in [3.05, 3.63) is 12.2 Å². The second-order valence-electron chi connectivity index (χ2n) is 2.11. The first-order valence-corrected chi connectivity index (χ1v) is 3.47. The Morgan fingerprint density at radius 2 is 1.67 bits per heavy atom. The summed E-state index contributed by atoms with van der Waals surface area (Å²) in [6.07, 6.45) is 0.502. The number of hydrogen-bond donors (Lipinski definition) is 0. The second-order valence-corrected chi connectivity index (χ2v) is 2.11. The summed E-state index contributed by atoms with van der Waals surface area (Å²) < 4.78 is 16.5. The summed E-state index contributed by atoms with van der Waals surface area (Å²) in [6, 6.07) is 0. The van der Waals surface area contributed by atoms with Crippen LogP contribution < -0.4 is 0 Å². The fourth-order valence-corrected chi connectivity index (χ4v) is 0.568. The molecule has 1 aliphatic heterocycles. The highest BCUT2D eigenvalue weighted by Crippen LogP contribution is 2.10. The summed E-state index contributed by atoms with van der Waals surface area (Å²) in [5, 5.41) is 0. The van der Waals surface area contributed by atoms with E-state index in [1.807, 2.05) is 0 Å². The number of carbonyl (C=O) groups is 4. The molecule has 0 aromatic carbocycles. The van der Waals surface area contributed by atoms with Crippen LogP contribution in [0.3, 0.4) is 0 Å². The summed E-state index contributed by atoms with van der Waals surface area (Å²) in [5.41, 5.74) is 0. The molecule has 0 unspecified atom stereocenters. The van der Waals surface area contributed by atoms with Crippen molar-refractivity contribution >= 4 is 23.9 Å². The maximum absolute atomic E-state index is 10.7. The molecule has 1 aliphatic rings. The molecular weight excluding hydrogens is 212 g/mol. The van der Waals surface area contributed by atoms with Crippen LogP contribution in [0.15, 0.2) is 12.2 Å². The quantitative estimate of drug-likeness (QED) is 0.228. The first-order valence-electron chi connectivity index (χ1n) is 3.47. The molecule has 1 rings (SSSR count). The fourth-order valence-electron chi connectivity index (χ4n) is 0.568. The average Bonchev–Trinajstić information content (AvgIpc) is 2.54. The average molecular weight is 216 g/mol. The van der Waals surface area contributed by atoms with E-state index in [-0.39, 0.29) is 0 Å². The molecule has 1 saturated heterocycles. The van der Waals surface area contributed by atoms with Gasteiger partial charge in [-0.1, -0.05) is 0 Å². The van der Waals surface area contributed by atoms with E-state index in [0.29, 0.717) is 6.26 Å². The minimum absolute atomic E-state index is 0.502. The topological polar surface area (TPSA) is 105 Å². The van der Waals surface area contributed by atoms with Gasteiger partial charge in [0.05, 0.1) is 7.11 Å². The van der Waals surface area contributed by atoms with Crippen LogP contribution in [0.1, 0.15) is 0 Å². The molecule has 15 heavy (non-hydrogen) atoms. The van der Waals surface area contributed by atoms with E-state index in [1.165, 1.54) is 0 Å².